The molecule has 0 bridgehead atoms. The van der Waals surface area contributed by atoms with Crippen molar-refractivity contribution < 1.29 is 18.7 Å². The topological polar surface area (TPSA) is 80.6 Å². The highest BCUT2D eigenvalue weighted by Crippen LogP contribution is 2.19. The van der Waals surface area contributed by atoms with E-state index in [0.29, 0.717) is 30.3 Å². The van der Waals surface area contributed by atoms with E-state index >= 15 is 0 Å². The van der Waals surface area contributed by atoms with E-state index in [1.165, 1.54) is 48.1 Å². The maximum Gasteiger partial charge on any atom is 0.274 e. The number of rotatable bonds is 5. The van der Waals surface area contributed by atoms with E-state index in [-0.39, 0.29) is 18.2 Å². The van der Waals surface area contributed by atoms with Gasteiger partial charge in [0.1, 0.15) is 17.3 Å². The molecule has 1 aromatic heterocycles. The number of nitrogens with one attached hydrogen (secondary N) is 1. The molecular formula is C21H24FN3O4. The van der Waals surface area contributed by atoms with Gasteiger partial charge in [-0.3, -0.25) is 14.4 Å². The number of amides is 2. The van der Waals surface area contributed by atoms with Crippen molar-refractivity contribution in [1.82, 2.24) is 9.47 Å². The maximum atomic E-state index is 12.9. The third-order valence-electron chi connectivity index (χ3n) is 4.96. The molecule has 0 radical (unpaired) electrons. The largest absolute Gasteiger partial charge is 0.484 e. The Morgan fingerprint density at radius 3 is 2.52 bits per heavy atom. The van der Waals surface area contributed by atoms with Crippen LogP contribution in [0.5, 0.6) is 5.75 Å². The van der Waals surface area contributed by atoms with Gasteiger partial charge in [0.25, 0.3) is 17.4 Å². The number of ether oxygens (including phenoxy) is 1. The lowest BCUT2D eigenvalue weighted by molar-refractivity contribution is -0.118. The SMILES string of the molecule is CC1CCN(C(=O)c2cc(NC(=O)COc3ccc(F)cc3)c(=O)n(C)c2)CC1. The van der Waals surface area contributed by atoms with Crippen LogP contribution in [-0.2, 0) is 11.8 Å². The minimum atomic E-state index is -0.553. The second-order valence-corrected chi connectivity index (χ2v) is 7.32. The fourth-order valence-corrected chi connectivity index (χ4v) is 3.18. The number of piperidine rings is 1. The normalized spacial score (nSPS) is 14.5. The number of hydrogen-bond acceptors (Lipinski definition) is 4. The van der Waals surface area contributed by atoms with Crippen molar-refractivity contribution >= 4 is 17.5 Å². The molecule has 3 rings (SSSR count). The summed E-state index contributed by atoms with van der Waals surface area (Å²) >= 11 is 0. The van der Waals surface area contributed by atoms with Gasteiger partial charge in [-0.05, 0) is 49.1 Å². The highest BCUT2D eigenvalue weighted by molar-refractivity contribution is 5.97. The minimum absolute atomic E-state index is 0.0106. The van der Waals surface area contributed by atoms with Crippen LogP contribution in [0.3, 0.4) is 0 Å². The molecule has 2 amide bonds. The Bertz CT molecular complexity index is 947. The van der Waals surface area contributed by atoms with Crippen molar-refractivity contribution in [2.45, 2.75) is 19.8 Å². The van der Waals surface area contributed by atoms with Crippen molar-refractivity contribution in [2.75, 3.05) is 25.0 Å². The van der Waals surface area contributed by atoms with Gasteiger partial charge >= 0.3 is 0 Å². The van der Waals surface area contributed by atoms with Gasteiger partial charge in [-0.15, -0.1) is 0 Å². The van der Waals surface area contributed by atoms with Gasteiger partial charge in [0.15, 0.2) is 6.61 Å². The fraction of sp³-hybridized carbons (Fsp3) is 0.381. The first-order chi connectivity index (χ1) is 13.8. The number of carbonyl (C=O) groups excluding carboxylic acids is 2. The summed E-state index contributed by atoms with van der Waals surface area (Å²) < 4.78 is 19.5. The monoisotopic (exact) mass is 401 g/mol. The quantitative estimate of drug-likeness (QED) is 0.834. The summed E-state index contributed by atoms with van der Waals surface area (Å²) in [6.07, 6.45) is 3.37. The Labute approximate surface area is 168 Å². The molecule has 1 aromatic carbocycles. The van der Waals surface area contributed by atoms with Gasteiger partial charge < -0.3 is 19.5 Å². The summed E-state index contributed by atoms with van der Waals surface area (Å²) in [4.78, 5) is 39.1. The van der Waals surface area contributed by atoms with E-state index in [4.69, 9.17) is 4.74 Å². The number of halogens is 1. The highest BCUT2D eigenvalue weighted by atomic mass is 19.1. The lowest BCUT2D eigenvalue weighted by Crippen LogP contribution is -2.38. The van der Waals surface area contributed by atoms with Crippen LogP contribution in [0.2, 0.25) is 0 Å². The number of likely N-dealkylation sites (tertiary alicyclic amines) is 1. The average molecular weight is 401 g/mol. The zero-order chi connectivity index (χ0) is 21.0. The smallest absolute Gasteiger partial charge is 0.274 e. The van der Waals surface area contributed by atoms with Gasteiger partial charge in [0, 0.05) is 26.3 Å². The van der Waals surface area contributed by atoms with Crippen LogP contribution in [-0.4, -0.2) is 41.0 Å². The first-order valence-electron chi connectivity index (χ1n) is 9.51. The van der Waals surface area contributed by atoms with Gasteiger partial charge in [0.05, 0.1) is 5.56 Å². The first kappa shape index (κ1) is 20.6. The Morgan fingerprint density at radius 1 is 1.21 bits per heavy atom. The number of nitrogens with zero attached hydrogens (tertiary/aromatic N) is 2. The minimum Gasteiger partial charge on any atom is -0.484 e. The second-order valence-electron chi connectivity index (χ2n) is 7.32. The number of pyridine rings is 1. The molecule has 1 aliphatic heterocycles. The molecule has 2 aromatic rings. The number of aryl methyl sites for hydroxylation is 1. The summed E-state index contributed by atoms with van der Waals surface area (Å²) in [5.74, 6) is -0.198. The molecule has 1 aliphatic rings. The zero-order valence-electron chi connectivity index (χ0n) is 16.5. The Hall–Kier alpha value is -3.16. The standard InChI is InChI=1S/C21H24FN3O4/c1-14-7-9-25(10-8-14)20(27)15-11-18(21(28)24(2)12-15)23-19(26)13-29-17-5-3-16(22)4-6-17/h3-6,11-12,14H,7-10,13H2,1-2H3,(H,23,26). The molecule has 0 aliphatic carbocycles. The van der Waals surface area contributed by atoms with E-state index in [9.17, 15) is 18.8 Å². The van der Waals surface area contributed by atoms with Gasteiger partial charge in [-0.25, -0.2) is 4.39 Å². The summed E-state index contributed by atoms with van der Waals surface area (Å²) in [5, 5.41) is 2.50. The molecule has 1 saturated heterocycles. The van der Waals surface area contributed by atoms with E-state index < -0.39 is 17.3 Å². The molecule has 154 valence electrons. The van der Waals surface area contributed by atoms with Crippen molar-refractivity contribution in [3.63, 3.8) is 0 Å². The first-order valence-corrected chi connectivity index (χ1v) is 9.51. The number of hydrogen-bond donors (Lipinski definition) is 1. The molecule has 0 saturated carbocycles. The average Bonchev–Trinajstić information content (AvgIpc) is 2.71. The fourth-order valence-electron chi connectivity index (χ4n) is 3.18. The number of benzene rings is 1. The number of aromatic nitrogens is 1. The van der Waals surface area contributed by atoms with Gasteiger partial charge in [0.2, 0.25) is 0 Å². The third-order valence-corrected chi connectivity index (χ3v) is 4.96. The molecule has 7 nitrogen and oxygen atoms in total. The Balaban J connectivity index is 1.68. The summed E-state index contributed by atoms with van der Waals surface area (Å²) in [5.41, 5.74) is -0.0724. The van der Waals surface area contributed by atoms with Crippen molar-refractivity contribution in [1.29, 1.82) is 0 Å². The van der Waals surface area contributed by atoms with Crippen molar-refractivity contribution in [3.05, 3.63) is 58.3 Å². The van der Waals surface area contributed by atoms with Crippen molar-refractivity contribution in [2.24, 2.45) is 13.0 Å². The van der Waals surface area contributed by atoms with E-state index in [1.54, 1.807) is 4.90 Å². The van der Waals surface area contributed by atoms with Gasteiger partial charge in [-0.2, -0.15) is 0 Å². The molecule has 0 unspecified atom stereocenters. The van der Waals surface area contributed by atoms with Crippen LogP contribution in [0.25, 0.3) is 0 Å². The predicted octanol–water partition coefficient (Wildman–Crippen LogP) is 2.41. The molecule has 2 heterocycles. The molecule has 8 heteroatoms. The molecular weight excluding hydrogens is 377 g/mol. The van der Waals surface area contributed by atoms with Crippen LogP contribution in [0, 0.1) is 11.7 Å². The van der Waals surface area contributed by atoms with E-state index in [0.717, 1.165) is 12.8 Å². The highest BCUT2D eigenvalue weighted by Gasteiger charge is 2.23. The Morgan fingerprint density at radius 2 is 1.86 bits per heavy atom. The summed E-state index contributed by atoms with van der Waals surface area (Å²) in [6, 6.07) is 6.65. The molecule has 1 N–H and O–H groups in total. The lowest BCUT2D eigenvalue weighted by Gasteiger charge is -2.30. The van der Waals surface area contributed by atoms with Crippen molar-refractivity contribution in [3.8, 4) is 5.75 Å². The lowest BCUT2D eigenvalue weighted by atomic mass is 9.99. The van der Waals surface area contributed by atoms with E-state index in [1.807, 2.05) is 0 Å². The second kappa shape index (κ2) is 8.89. The van der Waals surface area contributed by atoms with E-state index in [2.05, 4.69) is 12.2 Å². The summed E-state index contributed by atoms with van der Waals surface area (Å²) in [7, 11) is 1.53. The third kappa shape index (κ3) is 5.22. The molecule has 29 heavy (non-hydrogen) atoms. The van der Waals surface area contributed by atoms with Gasteiger partial charge in [-0.1, -0.05) is 6.92 Å². The van der Waals surface area contributed by atoms with Crippen LogP contribution in [0.1, 0.15) is 30.1 Å². The molecule has 1 fully saturated rings. The molecule has 0 spiro atoms. The Kier molecular flexibility index (Phi) is 6.31. The van der Waals surface area contributed by atoms with Crippen LogP contribution < -0.4 is 15.6 Å². The zero-order valence-corrected chi connectivity index (χ0v) is 16.5. The van der Waals surface area contributed by atoms with Crippen LogP contribution >= 0.6 is 0 Å². The van der Waals surface area contributed by atoms with Crippen LogP contribution in [0.4, 0.5) is 10.1 Å². The summed E-state index contributed by atoms with van der Waals surface area (Å²) in [6.45, 7) is 3.17. The van der Waals surface area contributed by atoms with Crippen LogP contribution in [0.15, 0.2) is 41.3 Å². The maximum absolute atomic E-state index is 12.9. The molecule has 0 atom stereocenters. The number of carbonyl (C=O) groups is 2. The number of anilines is 1. The predicted molar refractivity (Wildman–Crippen MR) is 107 cm³/mol.